The van der Waals surface area contributed by atoms with Gasteiger partial charge in [-0.1, -0.05) is 45.1 Å². The van der Waals surface area contributed by atoms with Crippen LogP contribution >= 0.6 is 0 Å². The van der Waals surface area contributed by atoms with E-state index in [1.807, 2.05) is 13.0 Å². The first-order valence-electron chi connectivity index (χ1n) is 4.70. The van der Waals surface area contributed by atoms with Crippen LogP contribution in [0.1, 0.15) is 27.2 Å². The zero-order valence-electron chi connectivity index (χ0n) is 9.13. The van der Waals surface area contributed by atoms with Gasteiger partial charge < -0.3 is 4.74 Å². The molecule has 1 atom stereocenters. The van der Waals surface area contributed by atoms with Crippen LogP contribution in [0.2, 0.25) is 0 Å². The lowest BCUT2D eigenvalue weighted by Gasteiger charge is -2.02. The van der Waals surface area contributed by atoms with Gasteiger partial charge in [-0.2, -0.15) is 0 Å². The van der Waals surface area contributed by atoms with Crippen LogP contribution in [0.4, 0.5) is 0 Å². The van der Waals surface area contributed by atoms with E-state index in [0.29, 0.717) is 5.92 Å². The van der Waals surface area contributed by atoms with Gasteiger partial charge in [0.25, 0.3) is 0 Å². The monoisotopic (exact) mass is 180 g/mol. The van der Waals surface area contributed by atoms with Crippen LogP contribution in [-0.2, 0) is 4.74 Å². The molecule has 0 spiro atoms. The molecule has 0 heterocycles. The van der Waals surface area contributed by atoms with Crippen LogP contribution in [0, 0.1) is 5.92 Å². The highest BCUT2D eigenvalue weighted by molar-refractivity contribution is 5.25. The third-order valence-electron chi connectivity index (χ3n) is 2.12. The highest BCUT2D eigenvalue weighted by atomic mass is 16.5. The Labute approximate surface area is 81.8 Å². The minimum absolute atomic E-state index is 0.639. The summed E-state index contributed by atoms with van der Waals surface area (Å²) < 4.78 is 5.00. The predicted octanol–water partition coefficient (Wildman–Crippen LogP) is 3.70. The Morgan fingerprint density at radius 3 is 2.62 bits per heavy atom. The molecular weight excluding hydrogens is 160 g/mol. The molecule has 0 aromatic heterocycles. The van der Waals surface area contributed by atoms with E-state index >= 15 is 0 Å². The van der Waals surface area contributed by atoms with E-state index in [1.54, 1.807) is 7.11 Å². The summed E-state index contributed by atoms with van der Waals surface area (Å²) >= 11 is 0. The van der Waals surface area contributed by atoms with Gasteiger partial charge >= 0.3 is 0 Å². The van der Waals surface area contributed by atoms with Crippen molar-refractivity contribution < 1.29 is 4.74 Å². The first-order chi connectivity index (χ1) is 6.11. The molecule has 1 unspecified atom stereocenters. The van der Waals surface area contributed by atoms with Crippen molar-refractivity contribution in [2.24, 2.45) is 5.92 Å². The van der Waals surface area contributed by atoms with E-state index in [9.17, 15) is 0 Å². The van der Waals surface area contributed by atoms with Crippen molar-refractivity contribution in [2.45, 2.75) is 27.2 Å². The van der Waals surface area contributed by atoms with Crippen LogP contribution in [0.25, 0.3) is 0 Å². The number of allylic oxidation sites excluding steroid dienone is 4. The Hall–Kier alpha value is -0.980. The quantitative estimate of drug-likeness (QED) is 0.463. The van der Waals surface area contributed by atoms with E-state index in [0.717, 1.165) is 11.3 Å². The minimum Gasteiger partial charge on any atom is -0.497 e. The molecular formula is C12H20O. The fourth-order valence-electron chi connectivity index (χ4n) is 0.780. The predicted molar refractivity (Wildman–Crippen MR) is 58.5 cm³/mol. The molecule has 0 amide bonds. The van der Waals surface area contributed by atoms with Gasteiger partial charge in [0.2, 0.25) is 0 Å². The number of rotatable bonds is 5. The molecule has 74 valence electrons. The van der Waals surface area contributed by atoms with Gasteiger partial charge in [-0.15, -0.1) is 0 Å². The molecule has 0 radical (unpaired) electrons. The summed E-state index contributed by atoms with van der Waals surface area (Å²) in [7, 11) is 1.64. The van der Waals surface area contributed by atoms with E-state index in [4.69, 9.17) is 4.74 Å². The molecule has 0 fully saturated rings. The average molecular weight is 180 g/mol. The van der Waals surface area contributed by atoms with Crippen LogP contribution in [0.15, 0.2) is 36.1 Å². The third kappa shape index (κ3) is 5.29. The normalized spacial score (nSPS) is 14.6. The van der Waals surface area contributed by atoms with Crippen molar-refractivity contribution in [3.63, 3.8) is 0 Å². The maximum absolute atomic E-state index is 5.00. The van der Waals surface area contributed by atoms with Gasteiger partial charge in [0.1, 0.15) is 5.76 Å². The summed E-state index contributed by atoms with van der Waals surface area (Å²) in [6, 6.07) is 0. The number of methoxy groups -OCH3 is 1. The van der Waals surface area contributed by atoms with Crippen molar-refractivity contribution in [3.8, 4) is 0 Å². The van der Waals surface area contributed by atoms with Crippen molar-refractivity contribution in [2.75, 3.05) is 7.11 Å². The van der Waals surface area contributed by atoms with Crippen LogP contribution in [0.3, 0.4) is 0 Å². The number of ether oxygens (including phenoxy) is 1. The molecule has 0 aliphatic carbocycles. The second-order valence-electron chi connectivity index (χ2n) is 3.25. The maximum atomic E-state index is 5.00. The highest BCUT2D eigenvalue weighted by Gasteiger charge is 1.92. The fraction of sp³-hybridized carbons (Fsp3) is 0.500. The smallest absolute Gasteiger partial charge is 0.114 e. The van der Waals surface area contributed by atoms with Gasteiger partial charge in [0.15, 0.2) is 0 Å². The molecule has 0 aliphatic heterocycles. The molecule has 0 aromatic rings. The van der Waals surface area contributed by atoms with Crippen molar-refractivity contribution in [3.05, 3.63) is 36.1 Å². The molecule has 0 N–H and O–H groups in total. The fourth-order valence-corrected chi connectivity index (χ4v) is 0.780. The zero-order chi connectivity index (χ0) is 10.3. The van der Waals surface area contributed by atoms with Gasteiger partial charge in [-0.3, -0.25) is 0 Å². The van der Waals surface area contributed by atoms with Gasteiger partial charge in [0.05, 0.1) is 7.11 Å². The minimum atomic E-state index is 0.639. The standard InChI is InChI=1S/C12H20O/c1-6-10(2)8-7-9-11(3)12(4)13-5/h7-10H,4,6H2,1-3,5H3. The van der Waals surface area contributed by atoms with Crippen LogP contribution < -0.4 is 0 Å². The Morgan fingerprint density at radius 1 is 1.54 bits per heavy atom. The first kappa shape index (κ1) is 12.0. The molecule has 0 rings (SSSR count). The molecule has 0 saturated heterocycles. The van der Waals surface area contributed by atoms with Gasteiger partial charge in [-0.05, 0) is 18.4 Å². The van der Waals surface area contributed by atoms with Crippen LogP contribution in [0.5, 0.6) is 0 Å². The van der Waals surface area contributed by atoms with E-state index in [-0.39, 0.29) is 0 Å². The lowest BCUT2D eigenvalue weighted by Crippen LogP contribution is -1.86. The van der Waals surface area contributed by atoms with E-state index in [1.165, 1.54) is 6.42 Å². The van der Waals surface area contributed by atoms with E-state index in [2.05, 4.69) is 32.6 Å². The lowest BCUT2D eigenvalue weighted by atomic mass is 10.1. The van der Waals surface area contributed by atoms with Crippen molar-refractivity contribution >= 4 is 0 Å². The zero-order valence-corrected chi connectivity index (χ0v) is 9.13. The molecule has 1 heteroatoms. The summed E-state index contributed by atoms with van der Waals surface area (Å²) in [5, 5.41) is 0. The second kappa shape index (κ2) is 6.53. The largest absolute Gasteiger partial charge is 0.497 e. The summed E-state index contributed by atoms with van der Waals surface area (Å²) in [5.41, 5.74) is 1.07. The molecule has 0 saturated carbocycles. The topological polar surface area (TPSA) is 9.23 Å². The lowest BCUT2D eigenvalue weighted by molar-refractivity contribution is 0.303. The summed E-state index contributed by atoms with van der Waals surface area (Å²) in [5.74, 6) is 1.37. The number of hydrogen-bond acceptors (Lipinski definition) is 1. The van der Waals surface area contributed by atoms with Crippen LogP contribution in [-0.4, -0.2) is 7.11 Å². The third-order valence-corrected chi connectivity index (χ3v) is 2.12. The Bertz CT molecular complexity index is 211. The van der Waals surface area contributed by atoms with Crippen molar-refractivity contribution in [1.82, 2.24) is 0 Å². The summed E-state index contributed by atoms with van der Waals surface area (Å²) in [6.07, 6.45) is 7.45. The second-order valence-corrected chi connectivity index (χ2v) is 3.25. The SMILES string of the molecule is C=C(OC)C(C)=CC=CC(C)CC. The molecule has 0 bridgehead atoms. The molecule has 13 heavy (non-hydrogen) atoms. The first-order valence-corrected chi connectivity index (χ1v) is 4.70. The van der Waals surface area contributed by atoms with E-state index < -0.39 is 0 Å². The maximum Gasteiger partial charge on any atom is 0.114 e. The Morgan fingerprint density at radius 2 is 2.15 bits per heavy atom. The molecule has 0 aliphatic rings. The number of hydrogen-bond donors (Lipinski definition) is 0. The summed E-state index contributed by atoms with van der Waals surface area (Å²) in [4.78, 5) is 0. The van der Waals surface area contributed by atoms with Crippen molar-refractivity contribution in [1.29, 1.82) is 0 Å². The van der Waals surface area contributed by atoms with Gasteiger partial charge in [-0.25, -0.2) is 0 Å². The van der Waals surface area contributed by atoms with Gasteiger partial charge in [0, 0.05) is 0 Å². The Balaban J connectivity index is 4.10. The molecule has 1 nitrogen and oxygen atoms in total. The summed E-state index contributed by atoms with van der Waals surface area (Å²) in [6.45, 7) is 10.1. The highest BCUT2D eigenvalue weighted by Crippen LogP contribution is 2.08. The Kier molecular flexibility index (Phi) is 6.03. The molecule has 0 aromatic carbocycles. The average Bonchev–Trinajstić information content (AvgIpc) is 2.15.